The summed E-state index contributed by atoms with van der Waals surface area (Å²) in [5.74, 6) is 0.725. The Balaban J connectivity index is 2.38. The number of carbonyl (C=O) groups is 1. The Kier molecular flexibility index (Phi) is 6.26. The van der Waals surface area contributed by atoms with E-state index in [0.29, 0.717) is 0 Å². The Hall–Kier alpha value is -1.51. The van der Waals surface area contributed by atoms with Crippen LogP contribution in [0.2, 0.25) is 0 Å². The molecule has 0 radical (unpaired) electrons. The highest BCUT2D eigenvalue weighted by Crippen LogP contribution is 2.17. The van der Waals surface area contributed by atoms with Gasteiger partial charge in [0.15, 0.2) is 6.10 Å². The number of hydrogen-bond donors (Lipinski definition) is 1. The van der Waals surface area contributed by atoms with E-state index in [0.717, 1.165) is 37.1 Å². The summed E-state index contributed by atoms with van der Waals surface area (Å²) in [6, 6.07) is 7.73. The SMILES string of the molecule is CCCCCNC(=O)[C@@H](C)Oc1ccccc1C. The van der Waals surface area contributed by atoms with Crippen molar-refractivity contribution in [2.24, 2.45) is 0 Å². The first-order chi connectivity index (χ1) is 8.65. The van der Waals surface area contributed by atoms with Crippen LogP contribution in [0.25, 0.3) is 0 Å². The molecule has 0 heterocycles. The van der Waals surface area contributed by atoms with Crippen molar-refractivity contribution in [1.82, 2.24) is 5.32 Å². The average molecular weight is 249 g/mol. The standard InChI is InChI=1S/C15H23NO2/c1-4-5-8-11-16-15(17)13(3)18-14-10-7-6-9-12(14)2/h6-7,9-10,13H,4-5,8,11H2,1-3H3,(H,16,17)/t13-/m1/s1. The number of aryl methyl sites for hydroxylation is 1. The first-order valence-electron chi connectivity index (χ1n) is 6.65. The molecule has 0 aromatic heterocycles. The minimum absolute atomic E-state index is 0.0469. The molecule has 0 saturated heterocycles. The van der Waals surface area contributed by atoms with Gasteiger partial charge in [-0.1, -0.05) is 38.0 Å². The first-order valence-corrected chi connectivity index (χ1v) is 6.65. The lowest BCUT2D eigenvalue weighted by Crippen LogP contribution is -2.36. The van der Waals surface area contributed by atoms with Gasteiger partial charge in [-0.15, -0.1) is 0 Å². The van der Waals surface area contributed by atoms with Crippen molar-refractivity contribution in [3.05, 3.63) is 29.8 Å². The number of rotatable bonds is 7. The van der Waals surface area contributed by atoms with E-state index in [-0.39, 0.29) is 5.91 Å². The number of carbonyl (C=O) groups excluding carboxylic acids is 1. The Morgan fingerprint density at radius 2 is 2.06 bits per heavy atom. The van der Waals surface area contributed by atoms with E-state index in [9.17, 15) is 4.79 Å². The van der Waals surface area contributed by atoms with Gasteiger partial charge < -0.3 is 10.1 Å². The molecule has 0 saturated carbocycles. The summed E-state index contributed by atoms with van der Waals surface area (Å²) in [4.78, 5) is 11.8. The Labute approximate surface area is 110 Å². The fourth-order valence-corrected chi connectivity index (χ4v) is 1.66. The van der Waals surface area contributed by atoms with Crippen LogP contribution in [0.1, 0.15) is 38.7 Å². The lowest BCUT2D eigenvalue weighted by Gasteiger charge is -2.16. The zero-order valence-corrected chi connectivity index (χ0v) is 11.5. The number of ether oxygens (including phenoxy) is 1. The van der Waals surface area contributed by atoms with Crippen molar-refractivity contribution >= 4 is 5.91 Å². The molecule has 1 aromatic rings. The number of para-hydroxylation sites is 1. The quantitative estimate of drug-likeness (QED) is 0.754. The van der Waals surface area contributed by atoms with Gasteiger partial charge in [-0.3, -0.25) is 4.79 Å². The van der Waals surface area contributed by atoms with Crippen LogP contribution >= 0.6 is 0 Å². The van der Waals surface area contributed by atoms with E-state index in [1.54, 1.807) is 6.92 Å². The Morgan fingerprint density at radius 1 is 1.33 bits per heavy atom. The molecule has 1 rings (SSSR count). The number of benzene rings is 1. The third kappa shape index (κ3) is 4.78. The molecular weight excluding hydrogens is 226 g/mol. The molecule has 1 N–H and O–H groups in total. The molecule has 1 atom stereocenters. The summed E-state index contributed by atoms with van der Waals surface area (Å²) in [5, 5.41) is 2.89. The number of unbranched alkanes of at least 4 members (excludes halogenated alkanes) is 2. The van der Waals surface area contributed by atoms with Crippen molar-refractivity contribution in [2.75, 3.05) is 6.54 Å². The molecule has 1 aromatic carbocycles. The molecule has 3 heteroatoms. The van der Waals surface area contributed by atoms with Crippen molar-refractivity contribution in [2.45, 2.75) is 46.1 Å². The zero-order chi connectivity index (χ0) is 13.4. The fraction of sp³-hybridized carbons (Fsp3) is 0.533. The van der Waals surface area contributed by atoms with Crippen molar-refractivity contribution in [3.63, 3.8) is 0 Å². The lowest BCUT2D eigenvalue weighted by atomic mass is 10.2. The van der Waals surface area contributed by atoms with Gasteiger partial charge in [0.1, 0.15) is 5.75 Å². The minimum atomic E-state index is -0.451. The maximum Gasteiger partial charge on any atom is 0.260 e. The average Bonchev–Trinajstić information content (AvgIpc) is 2.37. The van der Waals surface area contributed by atoms with Crippen LogP contribution in [0, 0.1) is 6.92 Å². The first kappa shape index (κ1) is 14.6. The van der Waals surface area contributed by atoms with E-state index >= 15 is 0 Å². The molecule has 18 heavy (non-hydrogen) atoms. The monoisotopic (exact) mass is 249 g/mol. The second-order valence-electron chi connectivity index (χ2n) is 4.52. The number of amides is 1. The smallest absolute Gasteiger partial charge is 0.260 e. The number of nitrogens with one attached hydrogen (secondary N) is 1. The van der Waals surface area contributed by atoms with Gasteiger partial charge in [-0.25, -0.2) is 0 Å². The molecule has 0 spiro atoms. The molecule has 0 unspecified atom stereocenters. The van der Waals surface area contributed by atoms with Crippen molar-refractivity contribution in [3.8, 4) is 5.75 Å². The van der Waals surface area contributed by atoms with Crippen LogP contribution in [0.5, 0.6) is 5.75 Å². The molecule has 0 fully saturated rings. The zero-order valence-electron chi connectivity index (χ0n) is 11.5. The topological polar surface area (TPSA) is 38.3 Å². The van der Waals surface area contributed by atoms with Gasteiger partial charge in [0.25, 0.3) is 5.91 Å². The summed E-state index contributed by atoms with van der Waals surface area (Å²) in [6.07, 6.45) is 2.88. The molecule has 0 aliphatic heterocycles. The van der Waals surface area contributed by atoms with E-state index in [4.69, 9.17) is 4.74 Å². The summed E-state index contributed by atoms with van der Waals surface area (Å²) < 4.78 is 5.65. The molecule has 100 valence electrons. The molecular formula is C15H23NO2. The van der Waals surface area contributed by atoms with E-state index < -0.39 is 6.10 Å². The normalized spacial score (nSPS) is 11.9. The van der Waals surface area contributed by atoms with E-state index in [1.165, 1.54) is 0 Å². The maximum atomic E-state index is 11.8. The van der Waals surface area contributed by atoms with Crippen LogP contribution in [-0.2, 0) is 4.79 Å². The second kappa shape index (κ2) is 7.75. The summed E-state index contributed by atoms with van der Waals surface area (Å²) in [6.45, 7) is 6.63. The van der Waals surface area contributed by atoms with E-state index in [1.807, 2.05) is 31.2 Å². The summed E-state index contributed by atoms with van der Waals surface area (Å²) in [5.41, 5.74) is 1.04. The number of hydrogen-bond acceptors (Lipinski definition) is 2. The maximum absolute atomic E-state index is 11.8. The van der Waals surface area contributed by atoms with Gasteiger partial charge >= 0.3 is 0 Å². The molecule has 0 aliphatic carbocycles. The van der Waals surface area contributed by atoms with Gasteiger partial charge in [0.2, 0.25) is 0 Å². The highest BCUT2D eigenvalue weighted by Gasteiger charge is 2.14. The van der Waals surface area contributed by atoms with Gasteiger partial charge in [-0.05, 0) is 31.9 Å². The van der Waals surface area contributed by atoms with Crippen LogP contribution in [-0.4, -0.2) is 18.6 Å². The highest BCUT2D eigenvalue weighted by atomic mass is 16.5. The summed E-state index contributed by atoms with van der Waals surface area (Å²) in [7, 11) is 0. The second-order valence-corrected chi connectivity index (χ2v) is 4.52. The Morgan fingerprint density at radius 3 is 2.72 bits per heavy atom. The molecule has 0 bridgehead atoms. The van der Waals surface area contributed by atoms with Crippen molar-refractivity contribution < 1.29 is 9.53 Å². The molecule has 0 aliphatic rings. The Bertz CT molecular complexity index is 377. The lowest BCUT2D eigenvalue weighted by molar-refractivity contribution is -0.127. The highest BCUT2D eigenvalue weighted by molar-refractivity contribution is 5.80. The van der Waals surface area contributed by atoms with E-state index in [2.05, 4.69) is 12.2 Å². The minimum Gasteiger partial charge on any atom is -0.481 e. The third-order valence-corrected chi connectivity index (χ3v) is 2.85. The van der Waals surface area contributed by atoms with Crippen LogP contribution in [0.15, 0.2) is 24.3 Å². The van der Waals surface area contributed by atoms with Crippen molar-refractivity contribution in [1.29, 1.82) is 0 Å². The predicted molar refractivity (Wildman–Crippen MR) is 73.8 cm³/mol. The summed E-state index contributed by atoms with van der Waals surface area (Å²) >= 11 is 0. The molecule has 1 amide bonds. The van der Waals surface area contributed by atoms with Crippen LogP contribution in [0.4, 0.5) is 0 Å². The predicted octanol–water partition coefficient (Wildman–Crippen LogP) is 3.07. The largest absolute Gasteiger partial charge is 0.481 e. The van der Waals surface area contributed by atoms with Crippen LogP contribution < -0.4 is 10.1 Å². The fourth-order valence-electron chi connectivity index (χ4n) is 1.66. The van der Waals surface area contributed by atoms with Gasteiger partial charge in [-0.2, -0.15) is 0 Å². The van der Waals surface area contributed by atoms with Gasteiger partial charge in [0, 0.05) is 6.54 Å². The van der Waals surface area contributed by atoms with Crippen LogP contribution in [0.3, 0.4) is 0 Å². The molecule has 3 nitrogen and oxygen atoms in total. The third-order valence-electron chi connectivity index (χ3n) is 2.85. The van der Waals surface area contributed by atoms with Gasteiger partial charge in [0.05, 0.1) is 0 Å².